The summed E-state index contributed by atoms with van der Waals surface area (Å²) in [6.07, 6.45) is 0. The molecule has 42 heavy (non-hydrogen) atoms. The second-order valence-electron chi connectivity index (χ2n) is 13.3. The maximum atomic E-state index is 2.45. The van der Waals surface area contributed by atoms with Gasteiger partial charge in [0.1, 0.15) is 0 Å². The summed E-state index contributed by atoms with van der Waals surface area (Å²) in [4.78, 5) is 0. The first-order valence-electron chi connectivity index (χ1n) is 14.2. The summed E-state index contributed by atoms with van der Waals surface area (Å²) in [5.41, 5.74) is 13.9. The van der Waals surface area contributed by atoms with Gasteiger partial charge >= 0.3 is 26.2 Å². The second kappa shape index (κ2) is 12.7. The molecular formula is C39H39Cl2Zr. The molecule has 3 heteroatoms. The van der Waals surface area contributed by atoms with E-state index in [0.717, 1.165) is 0 Å². The number of hydrogen-bond donors (Lipinski definition) is 0. The molecule has 5 aromatic carbocycles. The smallest absolute Gasteiger partial charge is 1.00 e. The van der Waals surface area contributed by atoms with Crippen LogP contribution in [0.4, 0.5) is 0 Å². The third kappa shape index (κ3) is 6.04. The van der Waals surface area contributed by atoms with Crippen molar-refractivity contribution >= 4 is 21.9 Å². The Morgan fingerprint density at radius 1 is 0.619 bits per heavy atom. The van der Waals surface area contributed by atoms with Crippen molar-refractivity contribution < 1.29 is 51.0 Å². The normalized spacial score (nSPS) is 14.6. The fourth-order valence-corrected chi connectivity index (χ4v) is 6.35. The monoisotopic (exact) mass is 667 g/mol. The molecule has 1 radical (unpaired) electrons. The molecular weight excluding hydrogens is 631 g/mol. The van der Waals surface area contributed by atoms with Crippen LogP contribution >= 0.6 is 0 Å². The summed E-state index contributed by atoms with van der Waals surface area (Å²) in [5.74, 6) is 0.176. The van der Waals surface area contributed by atoms with Crippen LogP contribution in [0.1, 0.15) is 87.8 Å². The Morgan fingerprint density at radius 3 is 1.79 bits per heavy atom. The SMILES string of the molecule is CC1=C(c2ccccc2)C(c2c(-c3cc(C(C)(C)C)cc(C(C)(C)C)c3)[cH-]c3ccccc23)c2ccccc21.[Cl-].[Cl-].[Zr+3]. The van der Waals surface area contributed by atoms with E-state index >= 15 is 0 Å². The van der Waals surface area contributed by atoms with E-state index in [1.54, 1.807) is 0 Å². The van der Waals surface area contributed by atoms with Gasteiger partial charge in [0.2, 0.25) is 0 Å². The number of rotatable bonds is 3. The van der Waals surface area contributed by atoms with Crippen LogP contribution in [-0.2, 0) is 37.0 Å². The van der Waals surface area contributed by atoms with Crippen molar-refractivity contribution in [2.24, 2.45) is 0 Å². The molecule has 213 valence electrons. The van der Waals surface area contributed by atoms with Crippen LogP contribution in [-0.4, -0.2) is 0 Å². The summed E-state index contributed by atoms with van der Waals surface area (Å²) >= 11 is 0. The molecule has 1 aliphatic rings. The van der Waals surface area contributed by atoms with Crippen LogP contribution < -0.4 is 24.8 Å². The summed E-state index contributed by atoms with van der Waals surface area (Å²) < 4.78 is 0. The molecule has 0 saturated heterocycles. The predicted octanol–water partition coefficient (Wildman–Crippen LogP) is 4.90. The van der Waals surface area contributed by atoms with Gasteiger partial charge in [0.25, 0.3) is 0 Å². The third-order valence-electron chi connectivity index (χ3n) is 8.56. The molecule has 0 amide bonds. The first-order valence-corrected chi connectivity index (χ1v) is 14.2. The molecule has 0 aromatic heterocycles. The van der Waals surface area contributed by atoms with Crippen LogP contribution in [0, 0.1) is 0 Å². The molecule has 0 bridgehead atoms. The minimum Gasteiger partial charge on any atom is -1.00 e. The Labute approximate surface area is 284 Å². The zero-order valence-corrected chi connectivity index (χ0v) is 29.6. The summed E-state index contributed by atoms with van der Waals surface area (Å²) in [7, 11) is 0. The van der Waals surface area contributed by atoms with Gasteiger partial charge in [-0.1, -0.05) is 138 Å². The van der Waals surface area contributed by atoms with Gasteiger partial charge in [0, 0.05) is 5.92 Å². The number of hydrogen-bond acceptors (Lipinski definition) is 0. The first-order chi connectivity index (χ1) is 18.5. The molecule has 0 aliphatic heterocycles. The number of halogens is 2. The molecule has 1 unspecified atom stereocenters. The standard InChI is InChI=1S/C39H39.2ClH.Zr/c1-25-31-18-13-14-20-33(31)37(35(25)26-15-9-8-10-16-26)36-32-19-12-11-17-27(32)23-34(36)28-21-29(38(2,3)4)24-30(22-28)39(5,6)7;;;/h8-24,37H,1-7H3;2*1H;/q-1;;;+3/p-2. The van der Waals surface area contributed by atoms with Gasteiger partial charge in [-0.25, -0.2) is 0 Å². The van der Waals surface area contributed by atoms with Gasteiger partial charge in [-0.3, -0.25) is 0 Å². The average molecular weight is 670 g/mol. The maximum absolute atomic E-state index is 2.45. The van der Waals surface area contributed by atoms with Crippen molar-refractivity contribution in [1.82, 2.24) is 0 Å². The van der Waals surface area contributed by atoms with E-state index in [1.807, 2.05) is 0 Å². The fraction of sp³-hybridized carbons (Fsp3) is 0.256. The number of fused-ring (bicyclic) bond motifs is 2. The van der Waals surface area contributed by atoms with Crippen molar-refractivity contribution in [3.05, 3.63) is 137 Å². The van der Waals surface area contributed by atoms with E-state index in [-0.39, 0.29) is 67.8 Å². The van der Waals surface area contributed by atoms with Gasteiger partial charge in [-0.15, -0.1) is 34.0 Å². The Kier molecular flexibility index (Phi) is 10.4. The molecule has 0 N–H and O–H groups in total. The van der Waals surface area contributed by atoms with Gasteiger partial charge in [-0.05, 0) is 56.7 Å². The predicted molar refractivity (Wildman–Crippen MR) is 170 cm³/mol. The molecule has 6 rings (SSSR count). The second-order valence-corrected chi connectivity index (χ2v) is 13.3. The Bertz CT molecular complexity index is 1690. The Morgan fingerprint density at radius 2 is 1.17 bits per heavy atom. The molecule has 0 nitrogen and oxygen atoms in total. The van der Waals surface area contributed by atoms with E-state index < -0.39 is 0 Å². The maximum Gasteiger partial charge on any atom is 3.00 e. The van der Waals surface area contributed by atoms with Crippen LogP contribution in [0.25, 0.3) is 33.0 Å². The van der Waals surface area contributed by atoms with Crippen molar-refractivity contribution in [3.8, 4) is 11.1 Å². The quantitative estimate of drug-likeness (QED) is 0.240. The average Bonchev–Trinajstić information content (AvgIpc) is 3.43. The van der Waals surface area contributed by atoms with Crippen LogP contribution in [0.5, 0.6) is 0 Å². The first kappa shape index (κ1) is 34.2. The third-order valence-corrected chi connectivity index (χ3v) is 8.56. The van der Waals surface area contributed by atoms with E-state index in [2.05, 4.69) is 152 Å². The van der Waals surface area contributed by atoms with E-state index in [9.17, 15) is 0 Å². The van der Waals surface area contributed by atoms with Gasteiger partial charge < -0.3 is 24.8 Å². The topological polar surface area (TPSA) is 0 Å². The molecule has 0 fully saturated rings. The van der Waals surface area contributed by atoms with Crippen molar-refractivity contribution in [3.63, 3.8) is 0 Å². The van der Waals surface area contributed by atoms with Crippen molar-refractivity contribution in [2.75, 3.05) is 0 Å². The minimum atomic E-state index is 0. The zero-order chi connectivity index (χ0) is 27.5. The number of allylic oxidation sites excluding steroid dienone is 2. The molecule has 5 aromatic rings. The number of benzene rings is 4. The van der Waals surface area contributed by atoms with E-state index in [4.69, 9.17) is 0 Å². The Balaban J connectivity index is 0.00000161. The molecule has 1 atom stereocenters. The van der Waals surface area contributed by atoms with Crippen molar-refractivity contribution in [2.45, 2.75) is 65.2 Å². The zero-order valence-electron chi connectivity index (χ0n) is 25.6. The summed E-state index contributed by atoms with van der Waals surface area (Å²) in [6, 6.07) is 38.8. The van der Waals surface area contributed by atoms with Gasteiger partial charge in [0.05, 0.1) is 0 Å². The Hall–Kier alpha value is -2.31. The van der Waals surface area contributed by atoms with Gasteiger partial charge in [-0.2, -0.15) is 0 Å². The minimum absolute atomic E-state index is 0. The van der Waals surface area contributed by atoms with Crippen LogP contribution in [0.15, 0.2) is 103 Å². The fourth-order valence-electron chi connectivity index (χ4n) is 6.35. The molecule has 0 heterocycles. The molecule has 1 aliphatic carbocycles. The molecule has 0 saturated carbocycles. The largest absolute Gasteiger partial charge is 3.00 e. The van der Waals surface area contributed by atoms with E-state index in [1.165, 1.54) is 66.4 Å². The van der Waals surface area contributed by atoms with Crippen molar-refractivity contribution in [1.29, 1.82) is 0 Å². The van der Waals surface area contributed by atoms with Crippen LogP contribution in [0.2, 0.25) is 0 Å². The van der Waals surface area contributed by atoms with Gasteiger partial charge in [0.15, 0.2) is 0 Å². The van der Waals surface area contributed by atoms with Crippen LogP contribution in [0.3, 0.4) is 0 Å². The van der Waals surface area contributed by atoms with E-state index in [0.29, 0.717) is 0 Å². The summed E-state index contributed by atoms with van der Waals surface area (Å²) in [6.45, 7) is 16.3. The summed E-state index contributed by atoms with van der Waals surface area (Å²) in [5, 5.41) is 2.67. The molecule has 0 spiro atoms.